The molecule has 1 aliphatic rings. The van der Waals surface area contributed by atoms with Gasteiger partial charge in [-0.3, -0.25) is 9.69 Å². The monoisotopic (exact) mass is 502 g/mol. The molecule has 0 spiro atoms. The maximum Gasteiger partial charge on any atom is 0.224 e. The molecule has 1 amide bonds. The van der Waals surface area contributed by atoms with Gasteiger partial charge in [0, 0.05) is 24.7 Å². The summed E-state index contributed by atoms with van der Waals surface area (Å²) in [7, 11) is 1.68. The molecule has 1 atom stereocenters. The number of imidazole rings is 1. The lowest BCUT2D eigenvalue weighted by Gasteiger charge is -2.31. The summed E-state index contributed by atoms with van der Waals surface area (Å²) in [5.74, 6) is 1.91. The van der Waals surface area contributed by atoms with Crippen LogP contribution in [-0.2, 0) is 24.4 Å². The van der Waals surface area contributed by atoms with Crippen molar-refractivity contribution < 1.29 is 9.53 Å². The first-order valence-corrected chi connectivity index (χ1v) is 12.8. The number of fused-ring (bicyclic) bond motifs is 1. The van der Waals surface area contributed by atoms with Crippen molar-refractivity contribution in [2.24, 2.45) is 5.92 Å². The van der Waals surface area contributed by atoms with Crippen molar-refractivity contribution in [2.75, 3.05) is 20.2 Å². The molecule has 2 heterocycles. The fraction of sp³-hybridized carbons (Fsp3) is 0.310. The van der Waals surface area contributed by atoms with Crippen molar-refractivity contribution in [3.8, 4) is 5.75 Å². The molecule has 0 unspecified atom stereocenters. The third kappa shape index (κ3) is 5.55. The summed E-state index contributed by atoms with van der Waals surface area (Å²) in [6.07, 6.45) is 1.88. The molecule has 36 heavy (non-hydrogen) atoms. The molecule has 1 fully saturated rings. The fourth-order valence-electron chi connectivity index (χ4n) is 4.92. The van der Waals surface area contributed by atoms with E-state index in [0.29, 0.717) is 18.1 Å². The number of likely N-dealkylation sites (tertiary alicyclic amines) is 1. The van der Waals surface area contributed by atoms with Crippen molar-refractivity contribution in [3.05, 3.63) is 94.8 Å². The summed E-state index contributed by atoms with van der Waals surface area (Å²) < 4.78 is 7.60. The van der Waals surface area contributed by atoms with Crippen LogP contribution in [0.3, 0.4) is 0 Å². The first kappa shape index (κ1) is 24.3. The Morgan fingerprint density at radius 3 is 2.64 bits per heavy atom. The molecule has 1 aromatic heterocycles. The number of hydrogen-bond acceptors (Lipinski definition) is 4. The number of halogens is 1. The predicted octanol–water partition coefficient (Wildman–Crippen LogP) is 5.28. The molecule has 1 saturated heterocycles. The number of carbonyl (C=O) groups excluding carboxylic acids is 1. The molecule has 1 aliphatic heterocycles. The van der Waals surface area contributed by atoms with Gasteiger partial charge in [0.1, 0.15) is 11.6 Å². The number of piperidine rings is 1. The quantitative estimate of drug-likeness (QED) is 0.356. The van der Waals surface area contributed by atoms with E-state index >= 15 is 0 Å². The van der Waals surface area contributed by atoms with E-state index in [4.69, 9.17) is 21.3 Å². The van der Waals surface area contributed by atoms with Gasteiger partial charge in [0.25, 0.3) is 0 Å². The number of carbonyl (C=O) groups is 1. The van der Waals surface area contributed by atoms with Crippen molar-refractivity contribution in [1.29, 1.82) is 0 Å². The van der Waals surface area contributed by atoms with Crippen LogP contribution in [0.1, 0.15) is 29.8 Å². The van der Waals surface area contributed by atoms with Crippen molar-refractivity contribution in [2.45, 2.75) is 32.5 Å². The van der Waals surface area contributed by atoms with Crippen LogP contribution in [0.5, 0.6) is 5.75 Å². The third-order valence-corrected chi connectivity index (χ3v) is 7.25. The van der Waals surface area contributed by atoms with Gasteiger partial charge in [-0.15, -0.1) is 0 Å². The summed E-state index contributed by atoms with van der Waals surface area (Å²) in [5.41, 5.74) is 4.24. The average molecular weight is 503 g/mol. The summed E-state index contributed by atoms with van der Waals surface area (Å²) in [5, 5.41) is 3.77. The topological polar surface area (TPSA) is 59.4 Å². The van der Waals surface area contributed by atoms with E-state index < -0.39 is 0 Å². The van der Waals surface area contributed by atoms with Gasteiger partial charge >= 0.3 is 0 Å². The molecule has 7 heteroatoms. The molecule has 3 aromatic carbocycles. The fourth-order valence-corrected chi connectivity index (χ4v) is 5.12. The third-order valence-electron chi connectivity index (χ3n) is 6.89. The molecule has 0 aliphatic carbocycles. The summed E-state index contributed by atoms with van der Waals surface area (Å²) in [6, 6.07) is 24.1. The van der Waals surface area contributed by atoms with E-state index in [1.165, 1.54) is 5.56 Å². The van der Waals surface area contributed by atoms with Crippen molar-refractivity contribution in [3.63, 3.8) is 0 Å². The zero-order chi connectivity index (χ0) is 24.9. The summed E-state index contributed by atoms with van der Waals surface area (Å²) >= 11 is 6.25. The van der Waals surface area contributed by atoms with Crippen LogP contribution in [0.2, 0.25) is 5.02 Å². The summed E-state index contributed by atoms with van der Waals surface area (Å²) in [6.45, 7) is 3.57. The van der Waals surface area contributed by atoms with Gasteiger partial charge in [-0.1, -0.05) is 54.1 Å². The van der Waals surface area contributed by atoms with Crippen LogP contribution >= 0.6 is 11.6 Å². The van der Waals surface area contributed by atoms with Gasteiger partial charge in [0.15, 0.2) is 0 Å². The minimum Gasteiger partial charge on any atom is -0.497 e. The molecule has 5 rings (SSSR count). The number of benzene rings is 3. The van der Waals surface area contributed by atoms with E-state index in [1.54, 1.807) is 7.11 Å². The predicted molar refractivity (Wildman–Crippen MR) is 143 cm³/mol. The Morgan fingerprint density at radius 1 is 1.06 bits per heavy atom. The highest BCUT2D eigenvalue weighted by Gasteiger charge is 2.27. The molecular formula is C29H31ClN4O2. The Balaban J connectivity index is 1.29. The number of hydrogen-bond donors (Lipinski definition) is 1. The lowest BCUT2D eigenvalue weighted by atomic mass is 9.97. The van der Waals surface area contributed by atoms with Gasteiger partial charge in [0.2, 0.25) is 5.91 Å². The lowest BCUT2D eigenvalue weighted by molar-refractivity contribution is -0.127. The minimum atomic E-state index is -0.0411. The Kier molecular flexibility index (Phi) is 7.54. The van der Waals surface area contributed by atoms with E-state index in [0.717, 1.165) is 60.6 Å². The normalized spacial score (nSPS) is 16.2. The van der Waals surface area contributed by atoms with Gasteiger partial charge in [-0.05, 0) is 60.8 Å². The second kappa shape index (κ2) is 11.1. The van der Waals surface area contributed by atoms with E-state index in [1.807, 2.05) is 42.5 Å². The van der Waals surface area contributed by atoms with Crippen LogP contribution < -0.4 is 10.1 Å². The Labute approximate surface area is 216 Å². The van der Waals surface area contributed by atoms with Crippen LogP contribution in [0.25, 0.3) is 11.0 Å². The van der Waals surface area contributed by atoms with Gasteiger partial charge < -0.3 is 14.6 Å². The van der Waals surface area contributed by atoms with Crippen LogP contribution in [0.15, 0.2) is 72.8 Å². The summed E-state index contributed by atoms with van der Waals surface area (Å²) in [4.78, 5) is 20.3. The van der Waals surface area contributed by atoms with Gasteiger partial charge in [-0.25, -0.2) is 4.98 Å². The van der Waals surface area contributed by atoms with Crippen LogP contribution in [-0.4, -0.2) is 40.6 Å². The largest absolute Gasteiger partial charge is 0.497 e. The molecular weight excluding hydrogens is 472 g/mol. The van der Waals surface area contributed by atoms with Crippen LogP contribution in [0, 0.1) is 5.92 Å². The zero-order valence-electron chi connectivity index (χ0n) is 20.5. The Bertz CT molecular complexity index is 1330. The van der Waals surface area contributed by atoms with Gasteiger partial charge in [0.05, 0.1) is 30.6 Å². The number of ether oxygens (including phenoxy) is 1. The Morgan fingerprint density at radius 2 is 1.83 bits per heavy atom. The van der Waals surface area contributed by atoms with Crippen molar-refractivity contribution in [1.82, 2.24) is 19.8 Å². The Hall–Kier alpha value is -3.35. The molecule has 1 N–H and O–H groups in total. The molecule has 6 nitrogen and oxygen atoms in total. The molecule has 186 valence electrons. The highest BCUT2D eigenvalue weighted by Crippen LogP contribution is 2.24. The first-order chi connectivity index (χ1) is 17.6. The maximum atomic E-state index is 13.0. The maximum absolute atomic E-state index is 13.0. The number of nitrogens with one attached hydrogen (secondary N) is 1. The SMILES string of the molecule is COc1ccc(Cn2c(CN3CCC[C@H](C(=O)NCc4ccccc4Cl)C3)nc3ccccc32)cc1. The number of para-hydroxylation sites is 2. The second-order valence-electron chi connectivity index (χ2n) is 9.33. The van der Waals surface area contributed by atoms with E-state index in [-0.39, 0.29) is 11.8 Å². The molecule has 0 saturated carbocycles. The number of rotatable bonds is 8. The molecule has 0 radical (unpaired) electrons. The second-order valence-corrected chi connectivity index (χ2v) is 9.74. The number of methoxy groups -OCH3 is 1. The van der Waals surface area contributed by atoms with Crippen LogP contribution in [0.4, 0.5) is 0 Å². The zero-order valence-corrected chi connectivity index (χ0v) is 21.2. The smallest absolute Gasteiger partial charge is 0.224 e. The van der Waals surface area contributed by atoms with E-state index in [9.17, 15) is 4.79 Å². The number of amides is 1. The highest BCUT2D eigenvalue weighted by atomic mass is 35.5. The molecule has 4 aromatic rings. The average Bonchev–Trinajstić information content (AvgIpc) is 3.25. The molecule has 0 bridgehead atoms. The number of nitrogens with zero attached hydrogens (tertiary/aromatic N) is 3. The lowest BCUT2D eigenvalue weighted by Crippen LogP contribution is -2.42. The first-order valence-electron chi connectivity index (χ1n) is 12.4. The van der Waals surface area contributed by atoms with Gasteiger partial charge in [-0.2, -0.15) is 0 Å². The minimum absolute atomic E-state index is 0.0411. The number of aromatic nitrogens is 2. The highest BCUT2D eigenvalue weighted by molar-refractivity contribution is 6.31. The standard InChI is InChI=1S/C29H31ClN4O2/c1-36-24-14-12-21(13-15-24)18-34-27-11-5-4-10-26(27)32-28(34)20-33-16-6-8-23(19-33)29(35)31-17-22-7-2-3-9-25(22)30/h2-5,7,9-15,23H,6,8,16-20H2,1H3,(H,31,35)/t23-/m0/s1. The van der Waals surface area contributed by atoms with E-state index in [2.05, 4.69) is 45.1 Å². The van der Waals surface area contributed by atoms with Crippen molar-refractivity contribution >= 4 is 28.5 Å².